The Kier molecular flexibility index (Phi) is 10.5. The molecule has 0 spiro atoms. The van der Waals surface area contributed by atoms with Crippen LogP contribution in [0.5, 0.6) is 11.5 Å². The lowest BCUT2D eigenvalue weighted by Crippen LogP contribution is -2.41. The number of aryl methyl sites for hydroxylation is 1. The highest BCUT2D eigenvalue weighted by Crippen LogP contribution is 2.34. The summed E-state index contributed by atoms with van der Waals surface area (Å²) in [6.45, 7) is 8.95. The topological polar surface area (TPSA) is 64.1 Å². The van der Waals surface area contributed by atoms with Gasteiger partial charge in [0.1, 0.15) is 0 Å². The van der Waals surface area contributed by atoms with Crippen molar-refractivity contribution in [3.8, 4) is 11.5 Å². The van der Waals surface area contributed by atoms with E-state index in [1.807, 2.05) is 24.8 Å². The predicted octanol–water partition coefficient (Wildman–Crippen LogP) is 3.49. The lowest BCUT2D eigenvalue weighted by atomic mass is 9.99. The standard InChI is InChI=1S/C22H37N3O3S/c1-5-23-21(25-17-22(29-4)11-14-27-15-12-22)24-13-7-8-18-9-10-19(26-3)20(16-18)28-6-2/h9-10,16H,5-8,11-15,17H2,1-4H3,(H2,23,24,25). The number of methoxy groups -OCH3 is 1. The fourth-order valence-electron chi connectivity index (χ4n) is 3.38. The van der Waals surface area contributed by atoms with Gasteiger partial charge in [-0.3, -0.25) is 4.99 Å². The molecule has 164 valence electrons. The van der Waals surface area contributed by atoms with Crippen LogP contribution in [0.2, 0.25) is 0 Å². The third-order valence-corrected chi connectivity index (χ3v) is 6.57. The van der Waals surface area contributed by atoms with E-state index >= 15 is 0 Å². The number of hydrogen-bond acceptors (Lipinski definition) is 5. The van der Waals surface area contributed by atoms with E-state index in [0.29, 0.717) is 6.61 Å². The largest absolute Gasteiger partial charge is 0.493 e. The zero-order valence-electron chi connectivity index (χ0n) is 18.4. The average molecular weight is 424 g/mol. The maximum Gasteiger partial charge on any atom is 0.191 e. The molecule has 1 aromatic rings. The Bertz CT molecular complexity index is 634. The lowest BCUT2D eigenvalue weighted by molar-refractivity contribution is 0.0794. The summed E-state index contributed by atoms with van der Waals surface area (Å²) in [4.78, 5) is 4.87. The summed E-state index contributed by atoms with van der Waals surface area (Å²) in [7, 11) is 1.67. The summed E-state index contributed by atoms with van der Waals surface area (Å²) in [6, 6.07) is 6.16. The van der Waals surface area contributed by atoms with Crippen molar-refractivity contribution in [3.05, 3.63) is 23.8 Å². The maximum absolute atomic E-state index is 5.67. The molecule has 0 aromatic heterocycles. The molecule has 0 saturated carbocycles. The van der Waals surface area contributed by atoms with E-state index in [1.54, 1.807) is 7.11 Å². The first-order valence-corrected chi connectivity index (χ1v) is 11.8. The molecule has 7 heteroatoms. The van der Waals surface area contributed by atoms with Crippen molar-refractivity contribution in [3.63, 3.8) is 0 Å². The van der Waals surface area contributed by atoms with Crippen LogP contribution >= 0.6 is 11.8 Å². The Morgan fingerprint density at radius 3 is 2.66 bits per heavy atom. The molecule has 1 saturated heterocycles. The SMILES string of the molecule is CCNC(=NCC1(SC)CCOCC1)NCCCc1ccc(OC)c(OCC)c1. The van der Waals surface area contributed by atoms with Gasteiger partial charge in [-0.15, -0.1) is 0 Å². The molecular weight excluding hydrogens is 386 g/mol. The Morgan fingerprint density at radius 1 is 1.21 bits per heavy atom. The van der Waals surface area contributed by atoms with Gasteiger partial charge in [-0.05, 0) is 63.5 Å². The van der Waals surface area contributed by atoms with E-state index in [2.05, 4.69) is 35.9 Å². The summed E-state index contributed by atoms with van der Waals surface area (Å²) in [5, 5.41) is 6.84. The van der Waals surface area contributed by atoms with Gasteiger partial charge in [0.2, 0.25) is 0 Å². The number of benzene rings is 1. The van der Waals surface area contributed by atoms with E-state index < -0.39 is 0 Å². The van der Waals surface area contributed by atoms with Gasteiger partial charge >= 0.3 is 0 Å². The number of aliphatic imine (C=N–C) groups is 1. The van der Waals surface area contributed by atoms with Crippen LogP contribution in [0, 0.1) is 0 Å². The summed E-state index contributed by atoms with van der Waals surface area (Å²) < 4.78 is 16.8. The summed E-state index contributed by atoms with van der Waals surface area (Å²) in [5.74, 6) is 2.50. The fourth-order valence-corrected chi connectivity index (χ4v) is 4.15. The van der Waals surface area contributed by atoms with Crippen molar-refractivity contribution in [1.82, 2.24) is 10.6 Å². The van der Waals surface area contributed by atoms with Crippen LogP contribution in [0.1, 0.15) is 38.7 Å². The maximum atomic E-state index is 5.67. The van der Waals surface area contributed by atoms with Gasteiger partial charge in [0.05, 0.1) is 20.3 Å². The molecule has 1 heterocycles. The molecule has 1 fully saturated rings. The Balaban J connectivity index is 1.85. The second kappa shape index (κ2) is 12.9. The number of nitrogens with one attached hydrogen (secondary N) is 2. The van der Waals surface area contributed by atoms with Gasteiger partial charge in [-0.1, -0.05) is 6.07 Å². The number of ether oxygens (including phenoxy) is 3. The molecule has 0 aliphatic carbocycles. The second-order valence-corrected chi connectivity index (χ2v) is 8.42. The smallest absolute Gasteiger partial charge is 0.191 e. The normalized spacial score (nSPS) is 16.3. The number of nitrogens with zero attached hydrogens (tertiary/aromatic N) is 1. The average Bonchev–Trinajstić information content (AvgIpc) is 2.76. The molecule has 1 aliphatic heterocycles. The molecule has 0 bridgehead atoms. The number of hydrogen-bond donors (Lipinski definition) is 2. The van der Waals surface area contributed by atoms with Crippen LogP contribution in [0.4, 0.5) is 0 Å². The van der Waals surface area contributed by atoms with E-state index in [0.717, 1.165) is 76.0 Å². The van der Waals surface area contributed by atoms with Gasteiger partial charge in [0.15, 0.2) is 17.5 Å². The van der Waals surface area contributed by atoms with Crippen molar-refractivity contribution < 1.29 is 14.2 Å². The monoisotopic (exact) mass is 423 g/mol. The minimum absolute atomic E-state index is 0.208. The first-order chi connectivity index (χ1) is 14.2. The molecule has 1 aliphatic rings. The highest BCUT2D eigenvalue weighted by atomic mass is 32.2. The van der Waals surface area contributed by atoms with Crippen LogP contribution in [-0.4, -0.2) is 63.5 Å². The van der Waals surface area contributed by atoms with E-state index in [1.165, 1.54) is 5.56 Å². The predicted molar refractivity (Wildman–Crippen MR) is 123 cm³/mol. The summed E-state index contributed by atoms with van der Waals surface area (Å²) >= 11 is 1.92. The molecule has 0 atom stereocenters. The van der Waals surface area contributed by atoms with E-state index in [-0.39, 0.29) is 4.75 Å². The van der Waals surface area contributed by atoms with Crippen LogP contribution in [0.25, 0.3) is 0 Å². The van der Waals surface area contributed by atoms with Gasteiger partial charge in [0.25, 0.3) is 0 Å². The highest BCUT2D eigenvalue weighted by molar-refractivity contribution is 8.00. The van der Waals surface area contributed by atoms with Crippen molar-refractivity contribution in [2.24, 2.45) is 4.99 Å². The van der Waals surface area contributed by atoms with Crippen molar-refractivity contribution in [2.45, 2.75) is 44.3 Å². The first-order valence-electron chi connectivity index (χ1n) is 10.6. The minimum Gasteiger partial charge on any atom is -0.493 e. The Morgan fingerprint density at radius 2 is 2.00 bits per heavy atom. The van der Waals surface area contributed by atoms with Crippen molar-refractivity contribution in [2.75, 3.05) is 52.8 Å². The van der Waals surface area contributed by atoms with Gasteiger partial charge in [-0.2, -0.15) is 11.8 Å². The molecule has 0 amide bonds. The number of rotatable bonds is 11. The molecular formula is C22H37N3O3S. The van der Waals surface area contributed by atoms with Crippen LogP contribution in [0.15, 0.2) is 23.2 Å². The van der Waals surface area contributed by atoms with Gasteiger partial charge < -0.3 is 24.8 Å². The molecule has 1 aromatic carbocycles. The number of thioether (sulfide) groups is 1. The van der Waals surface area contributed by atoms with Gasteiger partial charge in [-0.25, -0.2) is 0 Å². The molecule has 0 unspecified atom stereocenters. The molecule has 0 radical (unpaired) electrons. The quantitative estimate of drug-likeness (QED) is 0.323. The Hall–Kier alpha value is -1.60. The summed E-state index contributed by atoms with van der Waals surface area (Å²) in [5.41, 5.74) is 1.25. The van der Waals surface area contributed by atoms with Crippen LogP contribution in [0.3, 0.4) is 0 Å². The third-order valence-electron chi connectivity index (χ3n) is 5.17. The van der Waals surface area contributed by atoms with Crippen molar-refractivity contribution in [1.29, 1.82) is 0 Å². The zero-order chi connectivity index (χ0) is 21.0. The third kappa shape index (κ3) is 7.63. The van der Waals surface area contributed by atoms with Crippen LogP contribution < -0.4 is 20.1 Å². The molecule has 29 heavy (non-hydrogen) atoms. The second-order valence-electron chi connectivity index (χ2n) is 7.14. The Labute approximate surface area is 180 Å². The molecule has 6 nitrogen and oxygen atoms in total. The molecule has 2 rings (SSSR count). The zero-order valence-corrected chi connectivity index (χ0v) is 19.2. The van der Waals surface area contributed by atoms with E-state index in [9.17, 15) is 0 Å². The fraction of sp³-hybridized carbons (Fsp3) is 0.682. The minimum atomic E-state index is 0.208. The van der Waals surface area contributed by atoms with E-state index in [4.69, 9.17) is 19.2 Å². The lowest BCUT2D eigenvalue weighted by Gasteiger charge is -2.34. The highest BCUT2D eigenvalue weighted by Gasteiger charge is 2.31. The van der Waals surface area contributed by atoms with Crippen LogP contribution in [-0.2, 0) is 11.2 Å². The summed E-state index contributed by atoms with van der Waals surface area (Å²) in [6.07, 6.45) is 6.31. The first kappa shape index (κ1) is 23.7. The van der Waals surface area contributed by atoms with Gasteiger partial charge in [0, 0.05) is 31.1 Å². The molecule has 2 N–H and O–H groups in total. The van der Waals surface area contributed by atoms with Crippen molar-refractivity contribution >= 4 is 17.7 Å². The number of guanidine groups is 1.